The van der Waals surface area contributed by atoms with E-state index in [1.807, 2.05) is 37.3 Å². The Morgan fingerprint density at radius 3 is 2.75 bits per heavy atom. The summed E-state index contributed by atoms with van der Waals surface area (Å²) in [5, 5.41) is 4.49. The fourth-order valence-electron chi connectivity index (χ4n) is 4.20. The summed E-state index contributed by atoms with van der Waals surface area (Å²) in [5.74, 6) is -2.72. The zero-order valence-corrected chi connectivity index (χ0v) is 18.7. The third-order valence-corrected chi connectivity index (χ3v) is 6.47. The first-order valence-corrected chi connectivity index (χ1v) is 11.3. The Labute approximate surface area is 191 Å². The van der Waals surface area contributed by atoms with E-state index in [1.54, 1.807) is 18.5 Å². The van der Waals surface area contributed by atoms with E-state index in [2.05, 4.69) is 15.3 Å². The van der Waals surface area contributed by atoms with E-state index >= 15 is 0 Å². The molecule has 2 aromatic heterocycles. The normalized spacial score (nSPS) is 17.2. The fourth-order valence-corrected chi connectivity index (χ4v) is 4.43. The van der Waals surface area contributed by atoms with Crippen LogP contribution in [-0.4, -0.2) is 28.3 Å². The fraction of sp³-hybridized carbons (Fsp3) is 0.400. The number of fused-ring (bicyclic) bond motifs is 1. The molecule has 1 fully saturated rings. The van der Waals surface area contributed by atoms with E-state index in [1.165, 1.54) is 0 Å². The molecule has 1 N–H and O–H groups in total. The number of carbonyl (C=O) groups excluding carboxylic acids is 1. The Kier molecular flexibility index (Phi) is 6.70. The van der Waals surface area contributed by atoms with Crippen molar-refractivity contribution in [2.45, 2.75) is 45.0 Å². The van der Waals surface area contributed by atoms with Gasteiger partial charge in [0, 0.05) is 48.6 Å². The summed E-state index contributed by atoms with van der Waals surface area (Å²) in [4.78, 5) is 21.5. The number of benzene rings is 1. The second kappa shape index (κ2) is 9.49. The van der Waals surface area contributed by atoms with Gasteiger partial charge < -0.3 is 5.32 Å². The molecule has 2 heterocycles. The lowest BCUT2D eigenvalue weighted by atomic mass is 9.86. The minimum absolute atomic E-state index is 0.0588. The van der Waals surface area contributed by atoms with Crippen molar-refractivity contribution in [1.82, 2.24) is 15.3 Å². The summed E-state index contributed by atoms with van der Waals surface area (Å²) in [6, 6.07) is 11.5. The Balaban J connectivity index is 1.39. The number of aromatic nitrogens is 2. The summed E-state index contributed by atoms with van der Waals surface area (Å²) in [5.41, 5.74) is 3.44. The highest BCUT2D eigenvalue weighted by atomic mass is 35.5. The molecular formula is C25H26ClF2N3O. The van der Waals surface area contributed by atoms with Crippen molar-refractivity contribution in [2.24, 2.45) is 11.8 Å². The minimum Gasteiger partial charge on any atom is -0.356 e. The molecule has 0 bridgehead atoms. The largest absolute Gasteiger partial charge is 0.356 e. The highest BCUT2D eigenvalue weighted by Crippen LogP contribution is 2.35. The molecule has 4 rings (SSSR count). The molecular weight excluding hydrogens is 432 g/mol. The standard InChI is InChI=1S/C25H26ClF2N3O/c1-16(24(32)31-14-17-6-8-25(27,28)9-7-17)11-18-12-20-13-19(4-5-22(20)30-15-18)23-21(26)3-2-10-29-23/h2-5,10,12-13,15-17H,6-9,11,14H2,1H3,(H,31,32). The van der Waals surface area contributed by atoms with Crippen molar-refractivity contribution in [3.63, 3.8) is 0 Å². The number of halogens is 3. The van der Waals surface area contributed by atoms with Gasteiger partial charge in [0.15, 0.2) is 0 Å². The van der Waals surface area contributed by atoms with Crippen LogP contribution < -0.4 is 5.32 Å². The van der Waals surface area contributed by atoms with Crippen LogP contribution >= 0.6 is 11.6 Å². The van der Waals surface area contributed by atoms with E-state index in [9.17, 15) is 13.6 Å². The lowest BCUT2D eigenvalue weighted by Crippen LogP contribution is -2.36. The number of amides is 1. The number of nitrogens with zero attached hydrogens (tertiary/aromatic N) is 2. The molecule has 0 radical (unpaired) electrons. The first-order chi connectivity index (χ1) is 15.3. The number of carbonyl (C=O) groups is 1. The quantitative estimate of drug-likeness (QED) is 0.488. The van der Waals surface area contributed by atoms with Gasteiger partial charge in [0.1, 0.15) is 0 Å². The van der Waals surface area contributed by atoms with E-state index in [-0.39, 0.29) is 30.6 Å². The second-order valence-corrected chi connectivity index (χ2v) is 9.14. The number of rotatable bonds is 6. The van der Waals surface area contributed by atoms with Crippen LogP contribution in [0.25, 0.3) is 22.2 Å². The van der Waals surface area contributed by atoms with Crippen LogP contribution in [0.1, 0.15) is 38.2 Å². The maximum Gasteiger partial charge on any atom is 0.248 e. The highest BCUT2D eigenvalue weighted by Gasteiger charge is 2.34. The lowest BCUT2D eigenvalue weighted by molar-refractivity contribution is -0.124. The van der Waals surface area contributed by atoms with Crippen molar-refractivity contribution in [3.05, 3.63) is 59.4 Å². The molecule has 1 amide bonds. The SMILES string of the molecule is CC(Cc1cnc2ccc(-c3ncccc3Cl)cc2c1)C(=O)NCC1CCC(F)(F)CC1. The Bertz CT molecular complexity index is 1110. The van der Waals surface area contributed by atoms with Crippen molar-refractivity contribution < 1.29 is 13.6 Å². The first-order valence-electron chi connectivity index (χ1n) is 11.0. The van der Waals surface area contributed by atoms with Crippen molar-refractivity contribution >= 4 is 28.4 Å². The minimum atomic E-state index is -2.54. The molecule has 1 aliphatic rings. The molecule has 168 valence electrons. The van der Waals surface area contributed by atoms with E-state index in [0.717, 1.165) is 27.7 Å². The zero-order valence-electron chi connectivity index (χ0n) is 18.0. The van der Waals surface area contributed by atoms with E-state index in [4.69, 9.17) is 11.6 Å². The van der Waals surface area contributed by atoms with Crippen LogP contribution in [0.5, 0.6) is 0 Å². The van der Waals surface area contributed by atoms with Gasteiger partial charge in [-0.1, -0.05) is 24.6 Å². The van der Waals surface area contributed by atoms with Gasteiger partial charge in [0.2, 0.25) is 11.8 Å². The maximum absolute atomic E-state index is 13.3. The van der Waals surface area contributed by atoms with Crippen LogP contribution in [-0.2, 0) is 11.2 Å². The molecule has 1 unspecified atom stereocenters. The number of pyridine rings is 2. The molecule has 3 aromatic rings. The average molecular weight is 458 g/mol. The number of hydrogen-bond acceptors (Lipinski definition) is 3. The molecule has 1 aromatic carbocycles. The monoisotopic (exact) mass is 457 g/mol. The molecule has 1 atom stereocenters. The van der Waals surface area contributed by atoms with Crippen LogP contribution in [0.15, 0.2) is 48.8 Å². The van der Waals surface area contributed by atoms with Crippen molar-refractivity contribution in [2.75, 3.05) is 6.54 Å². The average Bonchev–Trinajstić information content (AvgIpc) is 2.78. The summed E-state index contributed by atoms with van der Waals surface area (Å²) < 4.78 is 26.6. The predicted molar refractivity (Wildman–Crippen MR) is 123 cm³/mol. The van der Waals surface area contributed by atoms with E-state index in [0.29, 0.717) is 30.8 Å². The van der Waals surface area contributed by atoms with Gasteiger partial charge in [-0.05, 0) is 61.1 Å². The Morgan fingerprint density at radius 2 is 2.00 bits per heavy atom. The third-order valence-electron chi connectivity index (χ3n) is 6.16. The third kappa shape index (κ3) is 5.41. The van der Waals surface area contributed by atoms with Crippen LogP contribution in [0.4, 0.5) is 8.78 Å². The van der Waals surface area contributed by atoms with Gasteiger partial charge in [0.05, 0.1) is 16.2 Å². The van der Waals surface area contributed by atoms with Crippen molar-refractivity contribution in [1.29, 1.82) is 0 Å². The first kappa shape index (κ1) is 22.6. The van der Waals surface area contributed by atoms with Gasteiger partial charge in [-0.15, -0.1) is 0 Å². The molecule has 4 nitrogen and oxygen atoms in total. The Hall–Kier alpha value is -2.60. The summed E-state index contributed by atoms with van der Waals surface area (Å²) in [6.45, 7) is 2.34. The number of nitrogens with one attached hydrogen (secondary N) is 1. The molecule has 0 aliphatic heterocycles. The molecule has 0 saturated heterocycles. The number of alkyl halides is 2. The summed E-state index contributed by atoms with van der Waals surface area (Å²) in [7, 11) is 0. The second-order valence-electron chi connectivity index (χ2n) is 8.73. The molecule has 1 aliphatic carbocycles. The summed E-state index contributed by atoms with van der Waals surface area (Å²) in [6.07, 6.45) is 4.79. The molecule has 0 spiro atoms. The number of hydrogen-bond donors (Lipinski definition) is 1. The molecule has 1 saturated carbocycles. The highest BCUT2D eigenvalue weighted by molar-refractivity contribution is 6.33. The summed E-state index contributed by atoms with van der Waals surface area (Å²) >= 11 is 6.28. The topological polar surface area (TPSA) is 54.9 Å². The van der Waals surface area contributed by atoms with Gasteiger partial charge >= 0.3 is 0 Å². The zero-order chi connectivity index (χ0) is 22.7. The van der Waals surface area contributed by atoms with Crippen LogP contribution in [0.3, 0.4) is 0 Å². The molecule has 7 heteroatoms. The predicted octanol–water partition coefficient (Wildman–Crippen LogP) is 6.07. The van der Waals surface area contributed by atoms with Gasteiger partial charge in [-0.25, -0.2) is 8.78 Å². The molecule has 32 heavy (non-hydrogen) atoms. The van der Waals surface area contributed by atoms with Gasteiger partial charge in [-0.2, -0.15) is 0 Å². The van der Waals surface area contributed by atoms with Crippen molar-refractivity contribution in [3.8, 4) is 11.3 Å². The van der Waals surface area contributed by atoms with Crippen LogP contribution in [0, 0.1) is 11.8 Å². The maximum atomic E-state index is 13.3. The van der Waals surface area contributed by atoms with Crippen LogP contribution in [0.2, 0.25) is 5.02 Å². The Morgan fingerprint density at radius 1 is 1.22 bits per heavy atom. The smallest absolute Gasteiger partial charge is 0.248 e. The van der Waals surface area contributed by atoms with E-state index < -0.39 is 5.92 Å². The van der Waals surface area contributed by atoms with Gasteiger partial charge in [-0.3, -0.25) is 14.8 Å². The lowest BCUT2D eigenvalue weighted by Gasteiger charge is -2.28. The van der Waals surface area contributed by atoms with Gasteiger partial charge in [0.25, 0.3) is 0 Å².